The minimum Gasteiger partial charge on any atom is -0.494 e. The summed E-state index contributed by atoms with van der Waals surface area (Å²) in [5.41, 5.74) is 5.59. The van der Waals surface area contributed by atoms with Gasteiger partial charge in [0.1, 0.15) is 6.54 Å². The second-order valence-electron chi connectivity index (χ2n) is 9.19. The summed E-state index contributed by atoms with van der Waals surface area (Å²) < 4.78 is 0. The first kappa shape index (κ1) is 23.6. The van der Waals surface area contributed by atoms with Gasteiger partial charge in [0.25, 0.3) is 0 Å². The van der Waals surface area contributed by atoms with Crippen LogP contribution in [0.2, 0.25) is 0 Å². The maximum absolute atomic E-state index is 10.9. The van der Waals surface area contributed by atoms with Crippen LogP contribution in [-0.4, -0.2) is 51.4 Å². The summed E-state index contributed by atoms with van der Waals surface area (Å²) in [7, 11) is 0. The van der Waals surface area contributed by atoms with E-state index in [2.05, 4.69) is 27.3 Å². The predicted octanol–water partition coefficient (Wildman–Crippen LogP) is 5.53. The number of rotatable bonds is 8. The van der Waals surface area contributed by atoms with E-state index in [4.69, 9.17) is 10.1 Å². The van der Waals surface area contributed by atoms with Gasteiger partial charge in [-0.2, -0.15) is 0 Å². The molecule has 0 aliphatic carbocycles. The quantitative estimate of drug-likeness (QED) is 0.248. The molecule has 1 aromatic heterocycles. The highest BCUT2D eigenvalue weighted by Crippen LogP contribution is 2.33. The molecule has 0 amide bonds. The standard InChI is InChI=1S/C29H30N4O3/c34-26(35)18-30-23-13-14-24-25(17-23)32-29(36)27(24)28(21-7-3-1-4-8-21)31-22-11-9-20(10-12-22)19-33-15-5-2-6-16-33/h1,3-4,7-14,17,30,32,36H,2,5-6,15-16,18-19H2,(H,34,35). The van der Waals surface area contributed by atoms with Crippen LogP contribution in [0.1, 0.15) is 36.0 Å². The van der Waals surface area contributed by atoms with Crippen LogP contribution >= 0.6 is 0 Å². The number of nitrogens with zero attached hydrogens (tertiary/aromatic N) is 2. The number of H-pyrrole nitrogens is 1. The average molecular weight is 483 g/mol. The Morgan fingerprint density at radius 1 is 0.972 bits per heavy atom. The molecule has 36 heavy (non-hydrogen) atoms. The fourth-order valence-corrected chi connectivity index (χ4v) is 4.75. The van der Waals surface area contributed by atoms with Crippen molar-refractivity contribution in [1.82, 2.24) is 9.88 Å². The zero-order chi connectivity index (χ0) is 24.9. The number of carboxylic acid groups (broad SMARTS) is 1. The molecule has 184 valence electrons. The molecule has 4 N–H and O–H groups in total. The Kier molecular flexibility index (Phi) is 7.00. The molecule has 0 radical (unpaired) electrons. The summed E-state index contributed by atoms with van der Waals surface area (Å²) in [4.78, 5) is 21.4. The minimum atomic E-state index is -0.939. The lowest BCUT2D eigenvalue weighted by atomic mass is 10.0. The molecular weight excluding hydrogens is 452 g/mol. The molecule has 3 aromatic carbocycles. The van der Waals surface area contributed by atoms with E-state index in [9.17, 15) is 9.90 Å². The monoisotopic (exact) mass is 482 g/mol. The van der Waals surface area contributed by atoms with Gasteiger partial charge in [-0.05, 0) is 61.8 Å². The highest BCUT2D eigenvalue weighted by Gasteiger charge is 2.19. The third-order valence-corrected chi connectivity index (χ3v) is 6.54. The molecule has 2 heterocycles. The first-order valence-corrected chi connectivity index (χ1v) is 12.3. The average Bonchev–Trinajstić information content (AvgIpc) is 3.23. The van der Waals surface area contributed by atoms with Crippen molar-refractivity contribution >= 4 is 34.0 Å². The number of nitrogens with one attached hydrogen (secondary N) is 2. The van der Waals surface area contributed by atoms with E-state index in [1.54, 1.807) is 12.1 Å². The van der Waals surface area contributed by atoms with E-state index in [-0.39, 0.29) is 12.4 Å². The Labute approximate surface area is 210 Å². The van der Waals surface area contributed by atoms with Crippen molar-refractivity contribution in [1.29, 1.82) is 0 Å². The Balaban J connectivity index is 1.49. The molecule has 7 heteroatoms. The lowest BCUT2D eigenvalue weighted by Crippen LogP contribution is -2.28. The Morgan fingerprint density at radius 3 is 2.44 bits per heavy atom. The number of hydrogen-bond donors (Lipinski definition) is 4. The molecule has 4 aromatic rings. The number of aliphatic carboxylic acids is 1. The van der Waals surface area contributed by atoms with E-state index in [0.717, 1.165) is 36.3 Å². The van der Waals surface area contributed by atoms with E-state index in [1.807, 2.05) is 48.5 Å². The van der Waals surface area contributed by atoms with E-state index in [1.165, 1.54) is 24.8 Å². The Hall–Kier alpha value is -4.10. The lowest BCUT2D eigenvalue weighted by Gasteiger charge is -2.26. The first-order chi connectivity index (χ1) is 17.6. The van der Waals surface area contributed by atoms with Crippen molar-refractivity contribution in [3.63, 3.8) is 0 Å². The third-order valence-electron chi connectivity index (χ3n) is 6.54. The summed E-state index contributed by atoms with van der Waals surface area (Å²) >= 11 is 0. The molecule has 5 rings (SSSR count). The molecule has 0 saturated carbocycles. The number of likely N-dealkylation sites (tertiary alicyclic amines) is 1. The number of aliphatic imine (C=N–C) groups is 1. The van der Waals surface area contributed by atoms with Crippen molar-refractivity contribution < 1.29 is 15.0 Å². The smallest absolute Gasteiger partial charge is 0.322 e. The summed E-state index contributed by atoms with van der Waals surface area (Å²) in [5, 5.41) is 23.5. The number of carboxylic acids is 1. The second-order valence-corrected chi connectivity index (χ2v) is 9.19. The van der Waals surface area contributed by atoms with E-state index >= 15 is 0 Å². The summed E-state index contributed by atoms with van der Waals surface area (Å²) in [6.45, 7) is 3.09. The van der Waals surface area contributed by atoms with Gasteiger partial charge >= 0.3 is 5.97 Å². The highest BCUT2D eigenvalue weighted by molar-refractivity contribution is 6.22. The predicted molar refractivity (Wildman–Crippen MR) is 143 cm³/mol. The third kappa shape index (κ3) is 5.42. The Morgan fingerprint density at radius 2 is 1.72 bits per heavy atom. The van der Waals surface area contributed by atoms with Gasteiger partial charge in [-0.15, -0.1) is 0 Å². The number of piperidine rings is 1. The first-order valence-electron chi connectivity index (χ1n) is 12.3. The van der Waals surface area contributed by atoms with Gasteiger partial charge in [0.2, 0.25) is 0 Å². The van der Waals surface area contributed by atoms with Gasteiger partial charge in [-0.3, -0.25) is 9.69 Å². The molecule has 0 bridgehead atoms. The van der Waals surface area contributed by atoms with Crippen molar-refractivity contribution in [2.75, 3.05) is 25.0 Å². The van der Waals surface area contributed by atoms with Crippen LogP contribution in [0.15, 0.2) is 77.8 Å². The fourth-order valence-electron chi connectivity index (χ4n) is 4.75. The van der Waals surface area contributed by atoms with Crippen LogP contribution in [-0.2, 0) is 11.3 Å². The summed E-state index contributed by atoms with van der Waals surface area (Å²) in [6.07, 6.45) is 3.87. The van der Waals surface area contributed by atoms with Gasteiger partial charge in [0.15, 0.2) is 5.88 Å². The van der Waals surface area contributed by atoms with Crippen LogP contribution in [0.3, 0.4) is 0 Å². The second kappa shape index (κ2) is 10.7. The number of aromatic nitrogens is 1. The number of anilines is 1. The molecule has 1 fully saturated rings. The molecule has 1 aliphatic heterocycles. The van der Waals surface area contributed by atoms with Gasteiger partial charge in [-0.25, -0.2) is 4.99 Å². The SMILES string of the molecule is O=C(O)CNc1ccc2c(C(=Nc3ccc(CN4CCCCC4)cc3)c3ccccc3)c(O)[nH]c2c1. The van der Waals surface area contributed by atoms with Crippen molar-refractivity contribution in [3.05, 3.63) is 89.5 Å². The van der Waals surface area contributed by atoms with E-state index < -0.39 is 5.97 Å². The number of carbonyl (C=O) groups is 1. The number of hydrogen-bond acceptors (Lipinski definition) is 5. The van der Waals surface area contributed by atoms with Crippen molar-refractivity contribution in [2.24, 2.45) is 4.99 Å². The molecule has 1 saturated heterocycles. The van der Waals surface area contributed by atoms with Crippen LogP contribution in [0.25, 0.3) is 10.9 Å². The summed E-state index contributed by atoms with van der Waals surface area (Å²) in [5.74, 6) is -0.921. The molecular formula is C29H30N4O3. The number of fused-ring (bicyclic) bond motifs is 1. The maximum atomic E-state index is 10.9. The lowest BCUT2D eigenvalue weighted by molar-refractivity contribution is -0.134. The number of benzene rings is 3. The molecule has 0 unspecified atom stereocenters. The zero-order valence-electron chi connectivity index (χ0n) is 20.1. The normalized spacial score (nSPS) is 14.7. The van der Waals surface area contributed by atoms with Gasteiger partial charge in [0.05, 0.1) is 22.5 Å². The van der Waals surface area contributed by atoms with Crippen LogP contribution in [0.5, 0.6) is 5.88 Å². The minimum absolute atomic E-state index is 0.0182. The van der Waals surface area contributed by atoms with Gasteiger partial charge < -0.3 is 20.5 Å². The van der Waals surface area contributed by atoms with Gasteiger partial charge in [0, 0.05) is 23.2 Å². The van der Waals surface area contributed by atoms with Crippen LogP contribution in [0.4, 0.5) is 11.4 Å². The molecule has 7 nitrogen and oxygen atoms in total. The zero-order valence-corrected chi connectivity index (χ0v) is 20.1. The van der Waals surface area contributed by atoms with Gasteiger partial charge in [-0.1, -0.05) is 48.9 Å². The number of aromatic amines is 1. The maximum Gasteiger partial charge on any atom is 0.322 e. The highest BCUT2D eigenvalue weighted by atomic mass is 16.4. The van der Waals surface area contributed by atoms with Crippen LogP contribution in [0, 0.1) is 0 Å². The molecule has 1 aliphatic rings. The van der Waals surface area contributed by atoms with Crippen molar-refractivity contribution in [2.45, 2.75) is 25.8 Å². The summed E-state index contributed by atoms with van der Waals surface area (Å²) in [6, 6.07) is 23.6. The fraction of sp³-hybridized carbons (Fsp3) is 0.241. The van der Waals surface area contributed by atoms with Crippen molar-refractivity contribution in [3.8, 4) is 5.88 Å². The van der Waals surface area contributed by atoms with Crippen LogP contribution < -0.4 is 5.32 Å². The molecule has 0 spiro atoms. The Bertz CT molecular complexity index is 1370. The number of aromatic hydroxyl groups is 1. The largest absolute Gasteiger partial charge is 0.494 e. The topological polar surface area (TPSA) is 101 Å². The molecule has 0 atom stereocenters. The van der Waals surface area contributed by atoms with E-state index in [0.29, 0.717) is 22.5 Å².